The third kappa shape index (κ3) is 1.90. The molecule has 0 amide bonds. The standard InChI is InChI=1S/C17H18N2O/c1-4-19-12(3)16(11(2)18-19)10-14-9-13-7-5-6-8-15(13)17(14)20/h5-8,10H,4,9H2,1-3H3. The first-order valence-electron chi connectivity index (χ1n) is 6.99. The molecule has 0 aliphatic heterocycles. The quantitative estimate of drug-likeness (QED) is 0.781. The third-order valence-corrected chi connectivity index (χ3v) is 3.99. The zero-order valence-electron chi connectivity index (χ0n) is 12.1. The summed E-state index contributed by atoms with van der Waals surface area (Å²) in [6, 6.07) is 7.85. The van der Waals surface area contributed by atoms with Crippen LogP contribution in [0.1, 0.15) is 39.8 Å². The van der Waals surface area contributed by atoms with Crippen LogP contribution in [0.4, 0.5) is 0 Å². The van der Waals surface area contributed by atoms with Crippen LogP contribution in [0, 0.1) is 13.8 Å². The third-order valence-electron chi connectivity index (χ3n) is 3.99. The van der Waals surface area contributed by atoms with Gasteiger partial charge in [-0.2, -0.15) is 5.10 Å². The van der Waals surface area contributed by atoms with Crippen LogP contribution in [0.3, 0.4) is 0 Å². The van der Waals surface area contributed by atoms with Gasteiger partial charge in [0.05, 0.1) is 5.69 Å². The Kier molecular flexibility index (Phi) is 3.05. The first-order chi connectivity index (χ1) is 9.61. The van der Waals surface area contributed by atoms with Crippen molar-refractivity contribution in [2.75, 3.05) is 0 Å². The molecule has 0 fully saturated rings. The number of carbonyl (C=O) groups excluding carboxylic acids is 1. The smallest absolute Gasteiger partial charge is 0.189 e. The molecular weight excluding hydrogens is 248 g/mol. The van der Waals surface area contributed by atoms with Crippen molar-refractivity contribution >= 4 is 11.9 Å². The van der Waals surface area contributed by atoms with Crippen molar-refractivity contribution in [2.45, 2.75) is 33.7 Å². The highest BCUT2D eigenvalue weighted by molar-refractivity contribution is 6.15. The molecule has 0 radical (unpaired) electrons. The van der Waals surface area contributed by atoms with E-state index in [1.165, 1.54) is 0 Å². The lowest BCUT2D eigenvalue weighted by molar-refractivity contribution is 0.104. The number of allylic oxidation sites excluding steroid dienone is 1. The van der Waals surface area contributed by atoms with Crippen LogP contribution < -0.4 is 0 Å². The first kappa shape index (κ1) is 12.9. The van der Waals surface area contributed by atoms with Crippen LogP contribution in [0.5, 0.6) is 0 Å². The minimum absolute atomic E-state index is 0.156. The Morgan fingerprint density at radius 1 is 1.30 bits per heavy atom. The number of rotatable bonds is 2. The topological polar surface area (TPSA) is 34.9 Å². The fourth-order valence-corrected chi connectivity index (χ4v) is 2.87. The van der Waals surface area contributed by atoms with Gasteiger partial charge in [-0.3, -0.25) is 9.48 Å². The average Bonchev–Trinajstić information content (AvgIpc) is 2.91. The predicted molar refractivity (Wildman–Crippen MR) is 79.8 cm³/mol. The summed E-state index contributed by atoms with van der Waals surface area (Å²) in [4.78, 5) is 12.4. The zero-order valence-corrected chi connectivity index (χ0v) is 12.1. The maximum Gasteiger partial charge on any atom is 0.189 e. The summed E-state index contributed by atoms with van der Waals surface area (Å²) < 4.78 is 1.98. The van der Waals surface area contributed by atoms with E-state index in [0.29, 0.717) is 0 Å². The van der Waals surface area contributed by atoms with Crippen LogP contribution in [-0.2, 0) is 13.0 Å². The molecule has 3 rings (SSSR count). The highest BCUT2D eigenvalue weighted by atomic mass is 16.1. The summed E-state index contributed by atoms with van der Waals surface area (Å²) >= 11 is 0. The second-order valence-electron chi connectivity index (χ2n) is 5.23. The number of ketones is 1. The molecule has 3 nitrogen and oxygen atoms in total. The Labute approximate surface area is 118 Å². The van der Waals surface area contributed by atoms with Crippen molar-refractivity contribution in [3.63, 3.8) is 0 Å². The Balaban J connectivity index is 2.04. The first-order valence-corrected chi connectivity index (χ1v) is 6.99. The molecule has 1 aromatic carbocycles. The number of Topliss-reactive ketones (excluding diaryl/α,β-unsaturated/α-hetero) is 1. The lowest BCUT2D eigenvalue weighted by atomic mass is 10.1. The second-order valence-corrected chi connectivity index (χ2v) is 5.23. The molecular formula is C17H18N2O. The van der Waals surface area contributed by atoms with Crippen LogP contribution in [0.15, 0.2) is 29.8 Å². The van der Waals surface area contributed by atoms with Crippen molar-refractivity contribution in [2.24, 2.45) is 0 Å². The van der Waals surface area contributed by atoms with E-state index in [1.807, 2.05) is 41.9 Å². The van der Waals surface area contributed by atoms with E-state index in [0.717, 1.165) is 46.6 Å². The minimum atomic E-state index is 0.156. The molecule has 0 atom stereocenters. The van der Waals surface area contributed by atoms with E-state index in [2.05, 4.69) is 18.9 Å². The molecule has 102 valence electrons. The van der Waals surface area contributed by atoms with E-state index in [-0.39, 0.29) is 5.78 Å². The van der Waals surface area contributed by atoms with Crippen molar-refractivity contribution in [3.8, 4) is 0 Å². The monoisotopic (exact) mass is 266 g/mol. The molecule has 1 aliphatic rings. The van der Waals surface area contributed by atoms with Gasteiger partial charge in [0.1, 0.15) is 0 Å². The molecule has 0 bridgehead atoms. The molecule has 0 saturated carbocycles. The van der Waals surface area contributed by atoms with Crippen molar-refractivity contribution in [1.29, 1.82) is 0 Å². The molecule has 3 heteroatoms. The van der Waals surface area contributed by atoms with Gasteiger partial charge in [-0.15, -0.1) is 0 Å². The minimum Gasteiger partial charge on any atom is -0.289 e. The Morgan fingerprint density at radius 2 is 2.05 bits per heavy atom. The lowest BCUT2D eigenvalue weighted by Crippen LogP contribution is -1.99. The van der Waals surface area contributed by atoms with Crippen molar-refractivity contribution < 1.29 is 4.79 Å². The largest absolute Gasteiger partial charge is 0.289 e. The summed E-state index contributed by atoms with van der Waals surface area (Å²) in [5.74, 6) is 0.156. The highest BCUT2D eigenvalue weighted by Gasteiger charge is 2.24. The number of benzene rings is 1. The Morgan fingerprint density at radius 3 is 2.70 bits per heavy atom. The molecule has 1 heterocycles. The van der Waals surface area contributed by atoms with Crippen molar-refractivity contribution in [3.05, 3.63) is 57.9 Å². The number of fused-ring (bicyclic) bond motifs is 1. The van der Waals surface area contributed by atoms with Crippen LogP contribution in [0.25, 0.3) is 6.08 Å². The number of nitrogens with zero attached hydrogens (tertiary/aromatic N) is 2. The molecule has 0 N–H and O–H groups in total. The van der Waals surface area contributed by atoms with Crippen LogP contribution in [0.2, 0.25) is 0 Å². The molecule has 0 unspecified atom stereocenters. The van der Waals surface area contributed by atoms with E-state index in [1.54, 1.807) is 0 Å². The highest BCUT2D eigenvalue weighted by Crippen LogP contribution is 2.28. The van der Waals surface area contributed by atoms with Crippen LogP contribution in [-0.4, -0.2) is 15.6 Å². The normalized spacial score (nSPS) is 15.9. The summed E-state index contributed by atoms with van der Waals surface area (Å²) in [5.41, 5.74) is 6.04. The van der Waals surface area contributed by atoms with Gasteiger partial charge in [-0.05, 0) is 32.4 Å². The maximum absolute atomic E-state index is 12.4. The van der Waals surface area contributed by atoms with Gasteiger partial charge in [0.2, 0.25) is 0 Å². The molecule has 20 heavy (non-hydrogen) atoms. The fourth-order valence-electron chi connectivity index (χ4n) is 2.87. The fraction of sp³-hybridized carbons (Fsp3) is 0.294. The summed E-state index contributed by atoms with van der Waals surface area (Å²) in [7, 11) is 0. The summed E-state index contributed by atoms with van der Waals surface area (Å²) in [6.07, 6.45) is 2.75. The molecule has 0 spiro atoms. The number of carbonyl (C=O) groups is 1. The van der Waals surface area contributed by atoms with Gasteiger partial charge in [-0.1, -0.05) is 24.3 Å². The summed E-state index contributed by atoms with van der Waals surface area (Å²) in [6.45, 7) is 6.98. The Bertz CT molecular complexity index is 723. The predicted octanol–water partition coefficient (Wildman–Crippen LogP) is 3.34. The SMILES string of the molecule is CCn1nc(C)c(C=C2Cc3ccccc3C2=O)c1C. The number of hydrogen-bond donors (Lipinski definition) is 0. The van der Waals surface area contributed by atoms with Gasteiger partial charge in [-0.25, -0.2) is 0 Å². The van der Waals surface area contributed by atoms with E-state index in [4.69, 9.17) is 0 Å². The Hall–Kier alpha value is -2.16. The number of aromatic nitrogens is 2. The lowest BCUT2D eigenvalue weighted by Gasteiger charge is -2.00. The molecule has 0 saturated heterocycles. The van der Waals surface area contributed by atoms with Gasteiger partial charge in [0.25, 0.3) is 0 Å². The average molecular weight is 266 g/mol. The maximum atomic E-state index is 12.4. The number of hydrogen-bond acceptors (Lipinski definition) is 2. The van der Waals surface area contributed by atoms with Crippen LogP contribution >= 0.6 is 0 Å². The van der Waals surface area contributed by atoms with Gasteiger partial charge in [0, 0.05) is 35.4 Å². The van der Waals surface area contributed by atoms with E-state index in [9.17, 15) is 4.79 Å². The number of aryl methyl sites for hydroxylation is 2. The summed E-state index contributed by atoms with van der Waals surface area (Å²) in [5, 5.41) is 4.51. The molecule has 2 aromatic rings. The van der Waals surface area contributed by atoms with Gasteiger partial charge < -0.3 is 0 Å². The molecule has 1 aliphatic carbocycles. The van der Waals surface area contributed by atoms with Crippen molar-refractivity contribution in [1.82, 2.24) is 9.78 Å². The van der Waals surface area contributed by atoms with E-state index < -0.39 is 0 Å². The zero-order chi connectivity index (χ0) is 14.3. The second kappa shape index (κ2) is 4.75. The van der Waals surface area contributed by atoms with E-state index >= 15 is 0 Å². The van der Waals surface area contributed by atoms with Gasteiger partial charge in [0.15, 0.2) is 5.78 Å². The van der Waals surface area contributed by atoms with Gasteiger partial charge >= 0.3 is 0 Å². The molecule has 1 aromatic heterocycles.